The SMILES string of the molecule is COc1ccc(-n2nc(/C(=C/C(=O)O)c3ccc(C)cc3)cc2-c2ccc(C)cc2)cc1. The summed E-state index contributed by atoms with van der Waals surface area (Å²) < 4.78 is 7.12. The highest BCUT2D eigenvalue weighted by molar-refractivity contribution is 5.95. The van der Waals surface area contributed by atoms with Crippen LogP contribution < -0.4 is 4.74 Å². The van der Waals surface area contributed by atoms with Crippen molar-refractivity contribution < 1.29 is 14.6 Å². The summed E-state index contributed by atoms with van der Waals surface area (Å²) in [6, 6.07) is 25.5. The highest BCUT2D eigenvalue weighted by atomic mass is 16.5. The molecule has 1 N–H and O–H groups in total. The molecule has 0 unspecified atom stereocenters. The van der Waals surface area contributed by atoms with Gasteiger partial charge in [0.05, 0.1) is 24.2 Å². The lowest BCUT2D eigenvalue weighted by Gasteiger charge is -2.09. The molecule has 0 spiro atoms. The van der Waals surface area contributed by atoms with Gasteiger partial charge >= 0.3 is 5.97 Å². The van der Waals surface area contributed by atoms with Crippen LogP contribution in [0, 0.1) is 13.8 Å². The van der Waals surface area contributed by atoms with Gasteiger partial charge in [0.25, 0.3) is 0 Å². The van der Waals surface area contributed by atoms with Gasteiger partial charge in [-0.05, 0) is 49.7 Å². The van der Waals surface area contributed by atoms with Crippen molar-refractivity contribution in [3.8, 4) is 22.7 Å². The summed E-state index contributed by atoms with van der Waals surface area (Å²) in [5, 5.41) is 14.4. The van der Waals surface area contributed by atoms with Gasteiger partial charge in [0.2, 0.25) is 0 Å². The van der Waals surface area contributed by atoms with E-state index in [0.29, 0.717) is 11.3 Å². The number of carbonyl (C=O) groups is 1. The normalized spacial score (nSPS) is 11.4. The van der Waals surface area contributed by atoms with Crippen LogP contribution >= 0.6 is 0 Å². The Morgan fingerprint density at radius 2 is 1.50 bits per heavy atom. The first kappa shape index (κ1) is 21.1. The number of benzene rings is 3. The molecule has 0 aliphatic rings. The van der Waals surface area contributed by atoms with Gasteiger partial charge in [-0.3, -0.25) is 0 Å². The van der Waals surface area contributed by atoms with Crippen molar-refractivity contribution in [3.05, 3.63) is 107 Å². The topological polar surface area (TPSA) is 64.4 Å². The van der Waals surface area contributed by atoms with Crippen LogP contribution in [0.3, 0.4) is 0 Å². The number of aliphatic carboxylic acids is 1. The number of carboxylic acids is 1. The van der Waals surface area contributed by atoms with E-state index in [1.54, 1.807) is 7.11 Å². The van der Waals surface area contributed by atoms with Crippen molar-refractivity contribution in [3.63, 3.8) is 0 Å². The summed E-state index contributed by atoms with van der Waals surface area (Å²) in [6.07, 6.45) is 1.21. The molecule has 5 heteroatoms. The second-order valence-corrected chi connectivity index (χ2v) is 7.65. The van der Waals surface area contributed by atoms with Crippen LogP contribution in [-0.4, -0.2) is 28.0 Å². The molecule has 0 atom stereocenters. The molecule has 0 fully saturated rings. The fourth-order valence-corrected chi connectivity index (χ4v) is 3.52. The number of carboxylic acid groups (broad SMARTS) is 1. The molecule has 0 radical (unpaired) electrons. The minimum absolute atomic E-state index is 0.554. The Morgan fingerprint density at radius 1 is 0.906 bits per heavy atom. The standard InChI is InChI=1S/C27H24N2O3/c1-18-4-8-20(9-5-18)24(16-27(30)31)25-17-26(21-10-6-19(2)7-11-21)29(28-25)22-12-14-23(32-3)15-13-22/h4-17H,1-3H3,(H,30,31)/b24-16+. The van der Waals surface area contributed by atoms with Crippen LogP contribution in [0.25, 0.3) is 22.5 Å². The number of aromatic nitrogens is 2. The van der Waals surface area contributed by atoms with Crippen LogP contribution in [0.15, 0.2) is 84.9 Å². The third-order valence-corrected chi connectivity index (χ3v) is 5.28. The minimum atomic E-state index is -1.02. The molecule has 4 rings (SSSR count). The zero-order valence-corrected chi connectivity index (χ0v) is 18.2. The quantitative estimate of drug-likeness (QED) is 0.405. The summed E-state index contributed by atoms with van der Waals surface area (Å²) >= 11 is 0. The zero-order valence-electron chi connectivity index (χ0n) is 18.2. The molecule has 0 aliphatic carbocycles. The Labute approximate surface area is 187 Å². The van der Waals surface area contributed by atoms with Gasteiger partial charge in [-0.2, -0.15) is 5.10 Å². The lowest BCUT2D eigenvalue weighted by molar-refractivity contribution is -0.131. The lowest BCUT2D eigenvalue weighted by atomic mass is 10.00. The minimum Gasteiger partial charge on any atom is -0.497 e. The molecular formula is C27H24N2O3. The largest absolute Gasteiger partial charge is 0.497 e. The molecule has 3 aromatic carbocycles. The molecule has 0 saturated carbocycles. The van der Waals surface area contributed by atoms with Crippen molar-refractivity contribution in [1.29, 1.82) is 0 Å². The van der Waals surface area contributed by atoms with Gasteiger partial charge < -0.3 is 9.84 Å². The highest BCUT2D eigenvalue weighted by Gasteiger charge is 2.17. The predicted octanol–water partition coefficient (Wildman–Crippen LogP) is 5.68. The Bertz CT molecular complexity index is 1270. The average Bonchev–Trinajstić information content (AvgIpc) is 3.24. The Balaban J connectivity index is 1.91. The molecule has 1 heterocycles. The summed E-state index contributed by atoms with van der Waals surface area (Å²) in [6.45, 7) is 4.04. The molecule has 4 aromatic rings. The van der Waals surface area contributed by atoms with Crippen molar-refractivity contribution in [1.82, 2.24) is 9.78 Å². The number of nitrogens with zero attached hydrogens (tertiary/aromatic N) is 2. The smallest absolute Gasteiger partial charge is 0.329 e. The zero-order chi connectivity index (χ0) is 22.7. The van der Waals surface area contributed by atoms with E-state index in [0.717, 1.165) is 39.4 Å². The molecule has 160 valence electrons. The summed E-state index contributed by atoms with van der Waals surface area (Å²) in [4.78, 5) is 11.6. The van der Waals surface area contributed by atoms with Crippen LogP contribution in [0.4, 0.5) is 0 Å². The van der Waals surface area contributed by atoms with Gasteiger partial charge in [0, 0.05) is 17.2 Å². The molecule has 5 nitrogen and oxygen atoms in total. The number of aryl methyl sites for hydroxylation is 2. The van der Waals surface area contributed by atoms with E-state index in [4.69, 9.17) is 9.84 Å². The van der Waals surface area contributed by atoms with E-state index >= 15 is 0 Å². The summed E-state index contributed by atoms with van der Waals surface area (Å²) in [5.74, 6) is -0.263. The Morgan fingerprint density at radius 3 is 2.06 bits per heavy atom. The van der Waals surface area contributed by atoms with E-state index < -0.39 is 5.97 Å². The number of rotatable bonds is 6. The molecule has 0 aliphatic heterocycles. The van der Waals surface area contributed by atoms with E-state index in [1.165, 1.54) is 6.08 Å². The molecule has 0 saturated heterocycles. The maximum absolute atomic E-state index is 11.6. The van der Waals surface area contributed by atoms with Crippen molar-refractivity contribution in [2.45, 2.75) is 13.8 Å². The lowest BCUT2D eigenvalue weighted by Crippen LogP contribution is -2.01. The third kappa shape index (κ3) is 4.47. The first-order chi connectivity index (χ1) is 15.4. The van der Waals surface area contributed by atoms with Crippen LogP contribution in [0.2, 0.25) is 0 Å². The van der Waals surface area contributed by atoms with Crippen LogP contribution in [0.5, 0.6) is 5.75 Å². The van der Waals surface area contributed by atoms with Gasteiger partial charge in [-0.1, -0.05) is 59.7 Å². The van der Waals surface area contributed by atoms with Crippen molar-refractivity contribution >= 4 is 11.5 Å². The first-order valence-electron chi connectivity index (χ1n) is 10.3. The Kier molecular flexibility index (Phi) is 5.90. The Hall–Kier alpha value is -4.12. The summed E-state index contributed by atoms with van der Waals surface area (Å²) in [7, 11) is 1.63. The highest BCUT2D eigenvalue weighted by Crippen LogP contribution is 2.30. The number of hydrogen-bond donors (Lipinski definition) is 1. The monoisotopic (exact) mass is 424 g/mol. The molecule has 0 amide bonds. The van der Waals surface area contributed by atoms with Gasteiger partial charge in [0.1, 0.15) is 5.75 Å². The molecule has 1 aromatic heterocycles. The number of hydrogen-bond acceptors (Lipinski definition) is 3. The number of methoxy groups -OCH3 is 1. The molecule has 0 bridgehead atoms. The van der Waals surface area contributed by atoms with Gasteiger partial charge in [-0.25, -0.2) is 9.48 Å². The first-order valence-corrected chi connectivity index (χ1v) is 10.3. The second kappa shape index (κ2) is 8.94. The average molecular weight is 425 g/mol. The predicted molar refractivity (Wildman–Crippen MR) is 126 cm³/mol. The van der Waals surface area contributed by atoms with E-state index in [2.05, 4.69) is 0 Å². The van der Waals surface area contributed by atoms with Crippen LogP contribution in [0.1, 0.15) is 22.4 Å². The van der Waals surface area contributed by atoms with Crippen molar-refractivity contribution in [2.75, 3.05) is 7.11 Å². The fraction of sp³-hybridized carbons (Fsp3) is 0.111. The summed E-state index contributed by atoms with van der Waals surface area (Å²) in [5.41, 5.74) is 6.92. The number of ether oxygens (including phenoxy) is 1. The second-order valence-electron chi connectivity index (χ2n) is 7.65. The fourth-order valence-electron chi connectivity index (χ4n) is 3.52. The van der Waals surface area contributed by atoms with E-state index in [-0.39, 0.29) is 0 Å². The molecular weight excluding hydrogens is 400 g/mol. The van der Waals surface area contributed by atoms with Crippen LogP contribution in [-0.2, 0) is 4.79 Å². The van der Waals surface area contributed by atoms with Crippen molar-refractivity contribution in [2.24, 2.45) is 0 Å². The molecule has 32 heavy (non-hydrogen) atoms. The van der Waals surface area contributed by atoms with Gasteiger partial charge in [0.15, 0.2) is 0 Å². The van der Waals surface area contributed by atoms with E-state index in [9.17, 15) is 9.90 Å². The van der Waals surface area contributed by atoms with Gasteiger partial charge in [-0.15, -0.1) is 0 Å². The third-order valence-electron chi connectivity index (χ3n) is 5.28. The van der Waals surface area contributed by atoms with E-state index in [1.807, 2.05) is 97.4 Å². The maximum Gasteiger partial charge on any atom is 0.329 e. The maximum atomic E-state index is 11.6.